The van der Waals surface area contributed by atoms with Gasteiger partial charge >= 0.3 is 13.0 Å². The number of alkyl halides is 2. The van der Waals surface area contributed by atoms with Crippen molar-refractivity contribution in [1.82, 2.24) is 0 Å². The van der Waals surface area contributed by atoms with Crippen LogP contribution in [0.3, 0.4) is 0 Å². The molecule has 0 bridgehead atoms. The molecule has 6 heteroatoms. The molecule has 1 fully saturated rings. The van der Waals surface area contributed by atoms with Crippen LogP contribution in [0.5, 0.6) is 0 Å². The number of rotatable bonds is 2. The molecule has 1 aromatic carbocycles. The number of nitrogens with zero attached hydrogens (tertiary/aromatic N) is 1. The van der Waals surface area contributed by atoms with E-state index in [2.05, 4.69) is 0 Å². The Bertz CT molecular complexity index is 551. The fraction of sp³-hybridized carbons (Fsp3) is 0.500. The number of halogens is 2. The van der Waals surface area contributed by atoms with Crippen LogP contribution in [-0.2, 0) is 15.2 Å². The first-order valence-corrected chi connectivity index (χ1v) is 6.34. The number of nitriles is 1. The minimum absolute atomic E-state index is 0.354. The molecule has 20 heavy (non-hydrogen) atoms. The van der Waals surface area contributed by atoms with E-state index in [-0.39, 0.29) is 5.56 Å². The van der Waals surface area contributed by atoms with Crippen LogP contribution in [-0.4, -0.2) is 18.3 Å². The van der Waals surface area contributed by atoms with E-state index in [1.807, 2.05) is 27.7 Å². The van der Waals surface area contributed by atoms with Gasteiger partial charge in [0, 0.05) is 5.56 Å². The zero-order valence-electron chi connectivity index (χ0n) is 11.9. The van der Waals surface area contributed by atoms with Gasteiger partial charge in [0.1, 0.15) is 6.07 Å². The predicted octanol–water partition coefficient (Wildman–Crippen LogP) is 2.60. The second-order valence-corrected chi connectivity index (χ2v) is 5.90. The Labute approximate surface area is 117 Å². The summed E-state index contributed by atoms with van der Waals surface area (Å²) in [5, 5.41) is 8.51. The van der Waals surface area contributed by atoms with Crippen LogP contribution in [0.4, 0.5) is 8.78 Å². The van der Waals surface area contributed by atoms with Gasteiger partial charge in [-0.2, -0.15) is 14.0 Å². The highest BCUT2D eigenvalue weighted by molar-refractivity contribution is 6.62. The largest absolute Gasteiger partial charge is 0.494 e. The van der Waals surface area contributed by atoms with Crippen LogP contribution in [0.15, 0.2) is 24.3 Å². The molecule has 1 aliphatic rings. The van der Waals surface area contributed by atoms with Crippen LogP contribution in [0.2, 0.25) is 0 Å². The zero-order valence-corrected chi connectivity index (χ0v) is 11.9. The first kappa shape index (κ1) is 15.0. The molecule has 0 aliphatic carbocycles. The lowest BCUT2D eigenvalue weighted by Gasteiger charge is -2.32. The van der Waals surface area contributed by atoms with E-state index in [4.69, 9.17) is 14.6 Å². The van der Waals surface area contributed by atoms with Crippen molar-refractivity contribution >= 4 is 12.6 Å². The van der Waals surface area contributed by atoms with Crippen LogP contribution in [0.1, 0.15) is 33.3 Å². The molecule has 106 valence electrons. The molecule has 0 radical (unpaired) electrons. The Hall–Kier alpha value is -1.45. The van der Waals surface area contributed by atoms with Crippen molar-refractivity contribution in [2.75, 3.05) is 0 Å². The maximum absolute atomic E-state index is 13.4. The first-order chi connectivity index (χ1) is 9.09. The molecule has 3 nitrogen and oxygen atoms in total. The lowest BCUT2D eigenvalue weighted by molar-refractivity contribution is 0.00578. The van der Waals surface area contributed by atoms with E-state index in [0.29, 0.717) is 5.46 Å². The smallest absolute Gasteiger partial charge is 0.399 e. The van der Waals surface area contributed by atoms with Crippen LogP contribution in [0, 0.1) is 11.3 Å². The molecule has 0 amide bonds. The normalized spacial score (nSPS) is 20.8. The van der Waals surface area contributed by atoms with Gasteiger partial charge in [0.2, 0.25) is 0 Å². The Balaban J connectivity index is 2.33. The summed E-state index contributed by atoms with van der Waals surface area (Å²) in [5.41, 5.74) is -0.945. The highest BCUT2D eigenvalue weighted by Crippen LogP contribution is 2.36. The third-order valence-electron chi connectivity index (χ3n) is 3.92. The predicted molar refractivity (Wildman–Crippen MR) is 71.7 cm³/mol. The Kier molecular flexibility index (Phi) is 3.39. The summed E-state index contributed by atoms with van der Waals surface area (Å²) in [5.74, 6) is -3.51. The lowest BCUT2D eigenvalue weighted by atomic mass is 9.78. The van der Waals surface area contributed by atoms with Gasteiger partial charge in [0.25, 0.3) is 0 Å². The Morgan fingerprint density at radius 3 is 2.20 bits per heavy atom. The summed E-state index contributed by atoms with van der Waals surface area (Å²) in [7, 11) is -0.713. The summed E-state index contributed by atoms with van der Waals surface area (Å²) in [6, 6.07) is 6.59. The molecule has 0 saturated carbocycles. The maximum atomic E-state index is 13.4. The average molecular weight is 279 g/mol. The van der Waals surface area contributed by atoms with Crippen LogP contribution >= 0.6 is 0 Å². The number of hydrogen-bond acceptors (Lipinski definition) is 3. The van der Waals surface area contributed by atoms with Crippen molar-refractivity contribution in [2.24, 2.45) is 0 Å². The lowest BCUT2D eigenvalue weighted by Crippen LogP contribution is -2.41. The van der Waals surface area contributed by atoms with Crippen LogP contribution < -0.4 is 5.46 Å². The summed E-state index contributed by atoms with van der Waals surface area (Å²) < 4.78 is 38.4. The third-order valence-corrected chi connectivity index (χ3v) is 3.92. The zero-order chi connectivity index (χ0) is 15.2. The van der Waals surface area contributed by atoms with E-state index in [1.54, 1.807) is 6.07 Å². The third kappa shape index (κ3) is 2.44. The molecule has 0 spiro atoms. The van der Waals surface area contributed by atoms with Gasteiger partial charge in [0.05, 0.1) is 11.2 Å². The van der Waals surface area contributed by atoms with Crippen molar-refractivity contribution in [3.05, 3.63) is 29.8 Å². The monoisotopic (exact) mass is 279 g/mol. The fourth-order valence-corrected chi connectivity index (χ4v) is 1.92. The van der Waals surface area contributed by atoms with Crippen molar-refractivity contribution < 1.29 is 18.1 Å². The van der Waals surface area contributed by atoms with E-state index in [1.165, 1.54) is 18.2 Å². The molecule has 0 aromatic heterocycles. The number of benzene rings is 1. The van der Waals surface area contributed by atoms with Crippen molar-refractivity contribution in [1.29, 1.82) is 5.26 Å². The Morgan fingerprint density at radius 1 is 1.15 bits per heavy atom. The van der Waals surface area contributed by atoms with Gasteiger partial charge in [-0.15, -0.1) is 0 Å². The van der Waals surface area contributed by atoms with E-state index >= 15 is 0 Å². The van der Waals surface area contributed by atoms with Gasteiger partial charge in [-0.05, 0) is 33.2 Å². The van der Waals surface area contributed by atoms with Gasteiger partial charge in [-0.25, -0.2) is 0 Å². The second-order valence-electron chi connectivity index (χ2n) is 5.90. The fourth-order valence-electron chi connectivity index (χ4n) is 1.92. The maximum Gasteiger partial charge on any atom is 0.494 e. The quantitative estimate of drug-likeness (QED) is 0.781. The SMILES string of the molecule is CC1(C)OB(c2cccc(C(F)(F)C#N)c2)OC1(C)C. The molecule has 1 heterocycles. The van der Waals surface area contributed by atoms with E-state index in [9.17, 15) is 8.78 Å². The molecule has 1 aliphatic heterocycles. The highest BCUT2D eigenvalue weighted by Gasteiger charge is 2.51. The van der Waals surface area contributed by atoms with Crippen molar-refractivity contribution in [3.8, 4) is 6.07 Å². The Morgan fingerprint density at radius 2 is 1.70 bits per heavy atom. The standard InChI is InChI=1S/C14H16BF2NO2/c1-12(2)13(3,4)20-15(19-12)11-7-5-6-10(8-11)14(16,17)9-18/h5-8H,1-4H3. The van der Waals surface area contributed by atoms with Gasteiger partial charge in [-0.1, -0.05) is 24.3 Å². The minimum atomic E-state index is -3.51. The van der Waals surface area contributed by atoms with Crippen molar-refractivity contribution in [3.63, 3.8) is 0 Å². The minimum Gasteiger partial charge on any atom is -0.399 e. The summed E-state index contributed by atoms with van der Waals surface area (Å²) in [6.45, 7) is 7.56. The first-order valence-electron chi connectivity index (χ1n) is 6.34. The average Bonchev–Trinajstić information content (AvgIpc) is 2.59. The molecular weight excluding hydrogens is 263 g/mol. The van der Waals surface area contributed by atoms with Crippen LogP contribution in [0.25, 0.3) is 0 Å². The molecule has 0 unspecified atom stereocenters. The molecule has 1 saturated heterocycles. The van der Waals surface area contributed by atoms with Gasteiger partial charge < -0.3 is 9.31 Å². The highest BCUT2D eigenvalue weighted by atomic mass is 19.3. The van der Waals surface area contributed by atoms with E-state index in [0.717, 1.165) is 6.07 Å². The van der Waals surface area contributed by atoms with Gasteiger partial charge in [0.15, 0.2) is 0 Å². The number of hydrogen-bond donors (Lipinski definition) is 0. The molecule has 1 aromatic rings. The molecule has 0 atom stereocenters. The molecule has 2 rings (SSSR count). The summed E-state index contributed by atoms with van der Waals surface area (Å²) >= 11 is 0. The molecular formula is C14H16BF2NO2. The van der Waals surface area contributed by atoms with E-state index < -0.39 is 24.2 Å². The second kappa shape index (κ2) is 4.54. The van der Waals surface area contributed by atoms with Gasteiger partial charge in [-0.3, -0.25) is 0 Å². The summed E-state index contributed by atoms with van der Waals surface area (Å²) in [6.07, 6.45) is 0. The molecule has 0 N–H and O–H groups in total. The summed E-state index contributed by atoms with van der Waals surface area (Å²) in [4.78, 5) is 0. The van der Waals surface area contributed by atoms with Crippen molar-refractivity contribution in [2.45, 2.75) is 44.8 Å². The topological polar surface area (TPSA) is 42.2 Å².